The van der Waals surface area contributed by atoms with E-state index < -0.39 is 17.8 Å². The molecule has 150 valence electrons. The lowest BCUT2D eigenvalue weighted by Gasteiger charge is -2.22. The van der Waals surface area contributed by atoms with Crippen LogP contribution >= 0.6 is 0 Å². The first-order valence-electron chi connectivity index (χ1n) is 9.11. The number of carbonyl (C=O) groups is 1. The van der Waals surface area contributed by atoms with Crippen molar-refractivity contribution < 1.29 is 28.8 Å². The van der Waals surface area contributed by atoms with Crippen molar-refractivity contribution in [1.82, 2.24) is 0 Å². The molecule has 2 aromatic rings. The minimum Gasteiger partial charge on any atom is -0.494 e. The van der Waals surface area contributed by atoms with E-state index in [4.69, 9.17) is 18.9 Å². The summed E-state index contributed by atoms with van der Waals surface area (Å²) >= 11 is 0. The van der Waals surface area contributed by atoms with Crippen molar-refractivity contribution in [1.29, 1.82) is 0 Å². The number of nitrogens with one attached hydrogen (secondary N) is 1. The second-order valence-corrected chi connectivity index (χ2v) is 7.32. The molecule has 2 N–H and O–H groups in total. The van der Waals surface area contributed by atoms with E-state index in [1.54, 1.807) is 57.2 Å². The molecule has 0 spiro atoms. The van der Waals surface area contributed by atoms with Crippen molar-refractivity contribution in [2.75, 3.05) is 18.7 Å². The van der Waals surface area contributed by atoms with Gasteiger partial charge in [0.2, 0.25) is 6.79 Å². The number of ether oxygens (including phenoxy) is 4. The molecule has 2 aromatic carbocycles. The molecular weight excluding hydrogens is 362 g/mol. The molecule has 1 aliphatic heterocycles. The Labute approximate surface area is 164 Å². The number of carbonyl (C=O) groups excluding carboxylic acids is 1. The lowest BCUT2D eigenvalue weighted by molar-refractivity contribution is 0.0635. The molecule has 7 heteroatoms. The van der Waals surface area contributed by atoms with Crippen LogP contribution in [-0.2, 0) is 4.74 Å². The first-order valence-corrected chi connectivity index (χ1v) is 9.11. The Morgan fingerprint density at radius 1 is 1.18 bits per heavy atom. The molecular formula is C21H25NO6. The van der Waals surface area contributed by atoms with Gasteiger partial charge in [-0.1, -0.05) is 6.07 Å². The van der Waals surface area contributed by atoms with E-state index >= 15 is 0 Å². The maximum atomic E-state index is 12.2. The molecule has 0 radical (unpaired) electrons. The third-order valence-electron chi connectivity index (χ3n) is 3.98. The molecule has 0 saturated carbocycles. The Bertz CT molecular complexity index is 858. The van der Waals surface area contributed by atoms with Crippen LogP contribution in [0.1, 0.15) is 44.9 Å². The average molecular weight is 387 g/mol. The Morgan fingerprint density at radius 2 is 1.93 bits per heavy atom. The van der Waals surface area contributed by atoms with E-state index in [1.165, 1.54) is 0 Å². The van der Waals surface area contributed by atoms with Gasteiger partial charge in [0.15, 0.2) is 11.5 Å². The summed E-state index contributed by atoms with van der Waals surface area (Å²) in [6.07, 6.45) is -1.62. The molecule has 0 bridgehead atoms. The van der Waals surface area contributed by atoms with Crippen LogP contribution < -0.4 is 19.5 Å². The van der Waals surface area contributed by atoms with E-state index in [1.807, 2.05) is 6.92 Å². The van der Waals surface area contributed by atoms with Crippen LogP contribution in [0.5, 0.6) is 17.2 Å². The summed E-state index contributed by atoms with van der Waals surface area (Å²) in [5, 5.41) is 13.7. The zero-order valence-electron chi connectivity index (χ0n) is 16.4. The number of fused-ring (bicyclic) bond motifs is 1. The van der Waals surface area contributed by atoms with Crippen LogP contribution in [0, 0.1) is 0 Å². The van der Waals surface area contributed by atoms with Crippen molar-refractivity contribution in [3.8, 4) is 17.2 Å². The van der Waals surface area contributed by atoms with Gasteiger partial charge < -0.3 is 24.1 Å². The standard InChI is InChI=1S/C21H25NO6/c1-5-25-14-7-8-16(22-20(24)28-21(2,3)4)15(11-14)19(23)13-6-9-17-18(10-13)27-12-26-17/h6-11,19,23H,5,12H2,1-4H3,(H,22,24). The lowest BCUT2D eigenvalue weighted by Crippen LogP contribution is -2.27. The number of aliphatic hydroxyl groups excluding tert-OH is 1. The summed E-state index contributed by atoms with van der Waals surface area (Å²) in [5.41, 5.74) is 0.884. The minimum absolute atomic E-state index is 0.153. The first kappa shape index (κ1) is 19.8. The maximum absolute atomic E-state index is 12.2. The lowest BCUT2D eigenvalue weighted by atomic mass is 9.99. The maximum Gasteiger partial charge on any atom is 0.412 e. The predicted octanol–water partition coefficient (Wildman–Crippen LogP) is 4.24. The van der Waals surface area contributed by atoms with Crippen molar-refractivity contribution in [2.24, 2.45) is 0 Å². The van der Waals surface area contributed by atoms with Gasteiger partial charge in [-0.2, -0.15) is 0 Å². The molecule has 3 rings (SSSR count). The first-order chi connectivity index (χ1) is 13.3. The SMILES string of the molecule is CCOc1ccc(NC(=O)OC(C)(C)C)c(C(O)c2ccc3c(c2)OCO3)c1. The highest BCUT2D eigenvalue weighted by Crippen LogP contribution is 2.38. The van der Waals surface area contributed by atoms with E-state index in [0.717, 1.165) is 0 Å². The van der Waals surface area contributed by atoms with Gasteiger partial charge in [-0.15, -0.1) is 0 Å². The Kier molecular flexibility index (Phi) is 5.65. The number of rotatable bonds is 5. The molecule has 0 aromatic heterocycles. The van der Waals surface area contributed by atoms with Crippen LogP contribution in [0.3, 0.4) is 0 Å². The van der Waals surface area contributed by atoms with E-state index in [-0.39, 0.29) is 6.79 Å². The highest BCUT2D eigenvalue weighted by Gasteiger charge is 2.23. The van der Waals surface area contributed by atoms with Crippen LogP contribution in [0.4, 0.5) is 10.5 Å². The number of hydrogen-bond donors (Lipinski definition) is 2. The summed E-state index contributed by atoms with van der Waals surface area (Å²) < 4.78 is 21.6. The molecule has 7 nitrogen and oxygen atoms in total. The van der Waals surface area contributed by atoms with E-state index in [9.17, 15) is 9.90 Å². The van der Waals surface area contributed by atoms with Gasteiger partial charge in [0.05, 0.1) is 12.3 Å². The molecule has 1 atom stereocenters. The Balaban J connectivity index is 1.92. The molecule has 1 aliphatic rings. The number of aliphatic hydroxyl groups is 1. The highest BCUT2D eigenvalue weighted by molar-refractivity contribution is 5.86. The third-order valence-corrected chi connectivity index (χ3v) is 3.98. The largest absolute Gasteiger partial charge is 0.494 e. The smallest absolute Gasteiger partial charge is 0.412 e. The summed E-state index contributed by atoms with van der Waals surface area (Å²) in [6, 6.07) is 10.3. The normalized spacial score (nSPS) is 13.8. The number of amides is 1. The molecule has 1 heterocycles. The van der Waals surface area contributed by atoms with Crippen LogP contribution in [0.15, 0.2) is 36.4 Å². The monoisotopic (exact) mass is 387 g/mol. The highest BCUT2D eigenvalue weighted by atomic mass is 16.7. The summed E-state index contributed by atoms with van der Waals surface area (Å²) in [5.74, 6) is 1.79. The minimum atomic E-state index is -1.01. The van der Waals surface area contributed by atoms with Crippen molar-refractivity contribution in [2.45, 2.75) is 39.4 Å². The zero-order chi connectivity index (χ0) is 20.3. The average Bonchev–Trinajstić information content (AvgIpc) is 3.08. The van der Waals surface area contributed by atoms with Gasteiger partial charge in [0.1, 0.15) is 17.5 Å². The van der Waals surface area contributed by atoms with Gasteiger partial charge in [-0.05, 0) is 63.6 Å². The summed E-state index contributed by atoms with van der Waals surface area (Å²) in [7, 11) is 0. The summed E-state index contributed by atoms with van der Waals surface area (Å²) in [4.78, 5) is 12.2. The van der Waals surface area contributed by atoms with Crippen molar-refractivity contribution in [3.63, 3.8) is 0 Å². The third kappa shape index (κ3) is 4.67. The number of hydrogen-bond acceptors (Lipinski definition) is 6. The van der Waals surface area contributed by atoms with Gasteiger partial charge in [-0.3, -0.25) is 5.32 Å². The van der Waals surface area contributed by atoms with Crippen LogP contribution in [0.25, 0.3) is 0 Å². The van der Waals surface area contributed by atoms with Crippen molar-refractivity contribution >= 4 is 11.8 Å². The fraction of sp³-hybridized carbons (Fsp3) is 0.381. The van der Waals surface area contributed by atoms with Gasteiger partial charge in [0.25, 0.3) is 0 Å². The fourth-order valence-corrected chi connectivity index (χ4v) is 2.81. The van der Waals surface area contributed by atoms with Crippen LogP contribution in [0.2, 0.25) is 0 Å². The fourth-order valence-electron chi connectivity index (χ4n) is 2.81. The molecule has 0 saturated heterocycles. The predicted molar refractivity (Wildman–Crippen MR) is 104 cm³/mol. The van der Waals surface area contributed by atoms with Gasteiger partial charge in [-0.25, -0.2) is 4.79 Å². The van der Waals surface area contributed by atoms with Gasteiger partial charge in [0, 0.05) is 5.56 Å². The second-order valence-electron chi connectivity index (χ2n) is 7.32. The molecule has 1 unspecified atom stereocenters. The Hall–Kier alpha value is -2.93. The zero-order valence-corrected chi connectivity index (χ0v) is 16.4. The number of benzene rings is 2. The quantitative estimate of drug-likeness (QED) is 0.798. The van der Waals surface area contributed by atoms with E-state index in [2.05, 4.69) is 5.32 Å². The van der Waals surface area contributed by atoms with Gasteiger partial charge >= 0.3 is 6.09 Å². The Morgan fingerprint density at radius 3 is 2.64 bits per heavy atom. The van der Waals surface area contributed by atoms with E-state index in [0.29, 0.717) is 40.7 Å². The molecule has 28 heavy (non-hydrogen) atoms. The number of anilines is 1. The summed E-state index contributed by atoms with van der Waals surface area (Å²) in [6.45, 7) is 7.87. The molecule has 1 amide bonds. The molecule has 0 fully saturated rings. The molecule has 0 aliphatic carbocycles. The topological polar surface area (TPSA) is 86.3 Å². The van der Waals surface area contributed by atoms with Crippen molar-refractivity contribution in [3.05, 3.63) is 47.5 Å². The second kappa shape index (κ2) is 7.98. The van der Waals surface area contributed by atoms with Crippen LogP contribution in [-0.4, -0.2) is 30.2 Å².